The molecule has 5 nitrogen and oxygen atoms in total. The van der Waals surface area contributed by atoms with Gasteiger partial charge in [0.1, 0.15) is 5.75 Å². The van der Waals surface area contributed by atoms with Gasteiger partial charge in [0.05, 0.1) is 7.11 Å². The smallest absolute Gasteiger partial charge is 0.118 e. The van der Waals surface area contributed by atoms with Gasteiger partial charge in [-0.15, -0.1) is 0 Å². The predicted octanol–water partition coefficient (Wildman–Crippen LogP) is 0.280. The van der Waals surface area contributed by atoms with Gasteiger partial charge in [0, 0.05) is 58.9 Å². The summed E-state index contributed by atoms with van der Waals surface area (Å²) >= 11 is 0. The monoisotopic (exact) mass is 292 g/mol. The van der Waals surface area contributed by atoms with Crippen LogP contribution in [0.25, 0.3) is 0 Å². The molecule has 1 aliphatic rings. The van der Waals surface area contributed by atoms with Crippen LogP contribution in [0.3, 0.4) is 0 Å². The fraction of sp³-hybridized carbons (Fsp3) is 0.625. The lowest BCUT2D eigenvalue weighted by Crippen LogP contribution is -2.41. The van der Waals surface area contributed by atoms with Gasteiger partial charge in [-0.05, 0) is 17.7 Å². The number of hydrogen-bond donors (Lipinski definition) is 3. The number of nitrogens with one attached hydrogen (secondary N) is 3. The van der Waals surface area contributed by atoms with Crippen molar-refractivity contribution in [2.75, 3.05) is 59.5 Å². The van der Waals surface area contributed by atoms with Gasteiger partial charge in [0.2, 0.25) is 0 Å². The summed E-state index contributed by atoms with van der Waals surface area (Å²) in [6, 6.07) is 8.38. The molecule has 1 aromatic rings. The highest BCUT2D eigenvalue weighted by Gasteiger charge is 2.06. The lowest BCUT2D eigenvalue weighted by molar-refractivity contribution is 0.263. The van der Waals surface area contributed by atoms with Crippen LogP contribution in [0.5, 0.6) is 5.75 Å². The second-order valence-electron chi connectivity index (χ2n) is 5.37. The molecular formula is C16H28N4O. The van der Waals surface area contributed by atoms with Gasteiger partial charge in [-0.1, -0.05) is 12.1 Å². The number of rotatable bonds is 3. The summed E-state index contributed by atoms with van der Waals surface area (Å²) in [7, 11) is 1.71. The summed E-state index contributed by atoms with van der Waals surface area (Å²) in [5.74, 6) is 0.920. The summed E-state index contributed by atoms with van der Waals surface area (Å²) in [6.07, 6.45) is 0. The lowest BCUT2D eigenvalue weighted by Gasteiger charge is -2.23. The number of ether oxygens (including phenoxy) is 1. The number of methoxy groups -OCH3 is 1. The zero-order valence-electron chi connectivity index (χ0n) is 13.0. The average molecular weight is 292 g/mol. The van der Waals surface area contributed by atoms with Crippen molar-refractivity contribution in [1.82, 2.24) is 20.9 Å². The van der Waals surface area contributed by atoms with E-state index in [4.69, 9.17) is 4.74 Å². The first-order valence-electron chi connectivity index (χ1n) is 7.86. The van der Waals surface area contributed by atoms with E-state index < -0.39 is 0 Å². The fourth-order valence-corrected chi connectivity index (χ4v) is 2.46. The van der Waals surface area contributed by atoms with Gasteiger partial charge < -0.3 is 20.7 Å². The molecule has 0 saturated carbocycles. The van der Waals surface area contributed by atoms with Crippen molar-refractivity contribution in [2.24, 2.45) is 0 Å². The standard InChI is InChI=1S/C16H28N4O/c1-21-16-4-2-15(3-5-16)14-20-12-10-18-8-6-17-7-9-19-11-13-20/h2-5,17-19H,6-14H2,1H3. The molecule has 0 unspecified atom stereocenters. The van der Waals surface area contributed by atoms with Gasteiger partial charge in [0.25, 0.3) is 0 Å². The van der Waals surface area contributed by atoms with Crippen LogP contribution in [0.4, 0.5) is 0 Å². The second-order valence-corrected chi connectivity index (χ2v) is 5.37. The van der Waals surface area contributed by atoms with Crippen LogP contribution in [0.1, 0.15) is 5.56 Å². The Labute approximate surface area is 128 Å². The predicted molar refractivity (Wildman–Crippen MR) is 86.9 cm³/mol. The first kappa shape index (κ1) is 16.2. The molecule has 0 radical (unpaired) electrons. The summed E-state index contributed by atoms with van der Waals surface area (Å²) < 4.78 is 5.21. The highest BCUT2D eigenvalue weighted by atomic mass is 16.5. The van der Waals surface area contributed by atoms with E-state index in [9.17, 15) is 0 Å². The maximum Gasteiger partial charge on any atom is 0.118 e. The van der Waals surface area contributed by atoms with E-state index in [2.05, 4.69) is 33.0 Å². The maximum atomic E-state index is 5.21. The molecule has 0 spiro atoms. The normalized spacial score (nSPS) is 19.5. The molecule has 1 aliphatic heterocycles. The topological polar surface area (TPSA) is 48.6 Å². The fourth-order valence-electron chi connectivity index (χ4n) is 2.46. The molecule has 1 saturated heterocycles. The summed E-state index contributed by atoms with van der Waals surface area (Å²) in [5.41, 5.74) is 1.34. The molecule has 0 aliphatic carbocycles. The van der Waals surface area contributed by atoms with Gasteiger partial charge >= 0.3 is 0 Å². The quantitative estimate of drug-likeness (QED) is 0.747. The van der Waals surface area contributed by atoms with Crippen LogP contribution in [0.2, 0.25) is 0 Å². The molecule has 0 aromatic heterocycles. The molecule has 118 valence electrons. The minimum Gasteiger partial charge on any atom is -0.497 e. The van der Waals surface area contributed by atoms with Crippen molar-refractivity contribution in [3.05, 3.63) is 29.8 Å². The van der Waals surface area contributed by atoms with Crippen LogP contribution in [-0.2, 0) is 6.54 Å². The van der Waals surface area contributed by atoms with E-state index in [1.54, 1.807) is 7.11 Å². The molecule has 0 bridgehead atoms. The van der Waals surface area contributed by atoms with E-state index in [1.807, 2.05) is 12.1 Å². The SMILES string of the molecule is COc1ccc(CN2CCNCCNCCNCC2)cc1. The molecule has 5 heteroatoms. The molecule has 1 aromatic carbocycles. The van der Waals surface area contributed by atoms with Crippen LogP contribution in [0, 0.1) is 0 Å². The third kappa shape index (κ3) is 6.44. The molecule has 2 rings (SSSR count). The van der Waals surface area contributed by atoms with Crippen LogP contribution in [-0.4, -0.2) is 64.4 Å². The summed E-state index contributed by atoms with van der Waals surface area (Å²) in [4.78, 5) is 2.50. The minimum absolute atomic E-state index is 0.920. The van der Waals surface area contributed by atoms with E-state index in [-0.39, 0.29) is 0 Å². The molecular weight excluding hydrogens is 264 g/mol. The Kier molecular flexibility index (Phi) is 7.53. The van der Waals surface area contributed by atoms with Gasteiger partial charge in [-0.3, -0.25) is 4.90 Å². The lowest BCUT2D eigenvalue weighted by atomic mass is 10.2. The number of hydrogen-bond acceptors (Lipinski definition) is 5. The van der Waals surface area contributed by atoms with Crippen LogP contribution < -0.4 is 20.7 Å². The van der Waals surface area contributed by atoms with Crippen molar-refractivity contribution in [1.29, 1.82) is 0 Å². The van der Waals surface area contributed by atoms with E-state index >= 15 is 0 Å². The Hall–Kier alpha value is -1.14. The van der Waals surface area contributed by atoms with Gasteiger partial charge in [0.15, 0.2) is 0 Å². The Morgan fingerprint density at radius 3 is 1.90 bits per heavy atom. The molecule has 3 N–H and O–H groups in total. The Morgan fingerprint density at radius 2 is 1.38 bits per heavy atom. The maximum absolute atomic E-state index is 5.21. The number of benzene rings is 1. The Bertz CT molecular complexity index is 370. The first-order chi connectivity index (χ1) is 10.4. The third-order valence-corrected chi connectivity index (χ3v) is 3.73. The zero-order chi connectivity index (χ0) is 14.8. The number of nitrogens with zero attached hydrogens (tertiary/aromatic N) is 1. The molecule has 21 heavy (non-hydrogen) atoms. The van der Waals surface area contributed by atoms with Gasteiger partial charge in [-0.2, -0.15) is 0 Å². The molecule has 1 heterocycles. The van der Waals surface area contributed by atoms with Crippen LogP contribution in [0.15, 0.2) is 24.3 Å². The van der Waals surface area contributed by atoms with E-state index in [0.717, 1.165) is 64.7 Å². The Balaban J connectivity index is 1.84. The molecule has 1 fully saturated rings. The second kappa shape index (κ2) is 9.73. The van der Waals surface area contributed by atoms with Crippen LogP contribution >= 0.6 is 0 Å². The van der Waals surface area contributed by atoms with E-state index in [1.165, 1.54) is 5.56 Å². The van der Waals surface area contributed by atoms with Gasteiger partial charge in [-0.25, -0.2) is 0 Å². The first-order valence-corrected chi connectivity index (χ1v) is 7.86. The highest BCUT2D eigenvalue weighted by Crippen LogP contribution is 2.12. The summed E-state index contributed by atoms with van der Waals surface area (Å²) in [6.45, 7) is 9.38. The van der Waals surface area contributed by atoms with Crippen molar-refractivity contribution in [3.8, 4) is 5.75 Å². The largest absolute Gasteiger partial charge is 0.497 e. The molecule has 0 atom stereocenters. The average Bonchev–Trinajstić information content (AvgIpc) is 2.51. The van der Waals surface area contributed by atoms with Crippen molar-refractivity contribution in [2.45, 2.75) is 6.54 Å². The van der Waals surface area contributed by atoms with Crippen molar-refractivity contribution >= 4 is 0 Å². The highest BCUT2D eigenvalue weighted by molar-refractivity contribution is 5.27. The van der Waals surface area contributed by atoms with Crippen molar-refractivity contribution in [3.63, 3.8) is 0 Å². The molecule has 0 amide bonds. The van der Waals surface area contributed by atoms with Crippen molar-refractivity contribution < 1.29 is 4.74 Å². The van der Waals surface area contributed by atoms with E-state index in [0.29, 0.717) is 0 Å². The third-order valence-electron chi connectivity index (χ3n) is 3.73. The zero-order valence-corrected chi connectivity index (χ0v) is 13.0. The Morgan fingerprint density at radius 1 is 0.857 bits per heavy atom. The summed E-state index contributed by atoms with van der Waals surface area (Å²) in [5, 5.41) is 10.4. The minimum atomic E-state index is 0.920.